The Bertz CT molecular complexity index is 677. The molecule has 0 amide bonds. The minimum Gasteiger partial charge on any atom is -0.497 e. The number of rotatable bonds is 4. The second kappa shape index (κ2) is 7.21. The van der Waals surface area contributed by atoms with Gasteiger partial charge in [-0.2, -0.15) is 0 Å². The molecule has 1 atom stereocenters. The molecule has 23 heavy (non-hydrogen) atoms. The predicted octanol–water partition coefficient (Wildman–Crippen LogP) is 3.09. The molecule has 1 aliphatic carbocycles. The Morgan fingerprint density at radius 1 is 1.09 bits per heavy atom. The van der Waals surface area contributed by atoms with Gasteiger partial charge >= 0.3 is 0 Å². The number of hydrogen-bond donors (Lipinski definition) is 2. The number of methoxy groups -OCH3 is 1. The van der Waals surface area contributed by atoms with Crippen molar-refractivity contribution in [2.75, 3.05) is 13.7 Å². The van der Waals surface area contributed by atoms with E-state index in [0.717, 1.165) is 30.1 Å². The number of benzene rings is 2. The van der Waals surface area contributed by atoms with Crippen LogP contribution in [0.4, 0.5) is 0 Å². The van der Waals surface area contributed by atoms with Crippen molar-refractivity contribution in [2.24, 2.45) is 5.73 Å². The molecule has 1 aliphatic rings. The van der Waals surface area contributed by atoms with Gasteiger partial charge in [0.25, 0.3) is 0 Å². The molecule has 0 bridgehead atoms. The molecule has 0 saturated heterocycles. The van der Waals surface area contributed by atoms with Gasteiger partial charge in [-0.05, 0) is 54.7 Å². The third-order valence-corrected chi connectivity index (χ3v) is 4.20. The van der Waals surface area contributed by atoms with Crippen LogP contribution in [0.25, 0.3) is 0 Å². The van der Waals surface area contributed by atoms with Crippen molar-refractivity contribution in [3.8, 4) is 17.2 Å². The first-order chi connectivity index (χ1) is 10.6. The van der Waals surface area contributed by atoms with E-state index in [1.807, 2.05) is 36.4 Å². The Labute approximate surface area is 142 Å². The van der Waals surface area contributed by atoms with Gasteiger partial charge in [0.15, 0.2) is 0 Å². The zero-order valence-electron chi connectivity index (χ0n) is 13.1. The fourth-order valence-electron chi connectivity index (χ4n) is 2.86. The number of aliphatic hydroxyl groups is 1. The highest BCUT2D eigenvalue weighted by Gasteiger charge is 2.29. The summed E-state index contributed by atoms with van der Waals surface area (Å²) in [6, 6.07) is 13.6. The fraction of sp³-hybridized carbons (Fsp3) is 0.333. The van der Waals surface area contributed by atoms with Crippen molar-refractivity contribution >= 4 is 12.4 Å². The summed E-state index contributed by atoms with van der Waals surface area (Å²) in [5, 5.41) is 9.41. The molecule has 0 fully saturated rings. The van der Waals surface area contributed by atoms with E-state index < -0.39 is 5.54 Å². The van der Waals surface area contributed by atoms with Gasteiger partial charge in [0.05, 0.1) is 13.7 Å². The van der Waals surface area contributed by atoms with E-state index in [4.69, 9.17) is 15.2 Å². The molecule has 2 aromatic rings. The topological polar surface area (TPSA) is 64.7 Å². The monoisotopic (exact) mass is 335 g/mol. The Morgan fingerprint density at radius 3 is 2.57 bits per heavy atom. The molecule has 3 N–H and O–H groups in total. The average Bonchev–Trinajstić information content (AvgIpc) is 2.55. The lowest BCUT2D eigenvalue weighted by atomic mass is 9.79. The normalized spacial score (nSPS) is 19.4. The molecule has 1 unspecified atom stereocenters. The van der Waals surface area contributed by atoms with E-state index in [1.54, 1.807) is 7.11 Å². The number of nitrogens with two attached hydrogens (primary N) is 1. The average molecular weight is 336 g/mol. The van der Waals surface area contributed by atoms with Crippen LogP contribution in [0.1, 0.15) is 17.5 Å². The molecular formula is C18H22ClNO3. The van der Waals surface area contributed by atoms with Gasteiger partial charge in [0.1, 0.15) is 17.2 Å². The second-order valence-corrected chi connectivity index (χ2v) is 5.91. The molecule has 0 saturated carbocycles. The van der Waals surface area contributed by atoms with Crippen molar-refractivity contribution in [1.29, 1.82) is 0 Å². The van der Waals surface area contributed by atoms with Gasteiger partial charge in [-0.3, -0.25) is 0 Å². The number of ether oxygens (including phenoxy) is 2. The smallest absolute Gasteiger partial charge is 0.131 e. The summed E-state index contributed by atoms with van der Waals surface area (Å²) in [5.74, 6) is 2.32. The molecule has 5 heteroatoms. The minimum absolute atomic E-state index is 0. The maximum absolute atomic E-state index is 9.41. The number of fused-ring (bicyclic) bond motifs is 1. The summed E-state index contributed by atoms with van der Waals surface area (Å²) >= 11 is 0. The summed E-state index contributed by atoms with van der Waals surface area (Å²) in [6.07, 6.45) is 2.36. The van der Waals surface area contributed by atoms with Crippen LogP contribution < -0.4 is 15.2 Å². The first kappa shape index (κ1) is 17.6. The molecule has 0 heterocycles. The third kappa shape index (κ3) is 3.96. The zero-order chi connectivity index (χ0) is 15.6. The Balaban J connectivity index is 0.00000192. The summed E-state index contributed by atoms with van der Waals surface area (Å²) < 4.78 is 11.1. The van der Waals surface area contributed by atoms with Gasteiger partial charge in [0.2, 0.25) is 0 Å². The number of hydrogen-bond acceptors (Lipinski definition) is 4. The van der Waals surface area contributed by atoms with Gasteiger partial charge in [0, 0.05) is 11.6 Å². The first-order valence-electron chi connectivity index (χ1n) is 7.45. The lowest BCUT2D eigenvalue weighted by molar-refractivity contribution is 0.181. The van der Waals surface area contributed by atoms with Crippen molar-refractivity contribution in [2.45, 2.75) is 24.8 Å². The molecule has 124 valence electrons. The highest BCUT2D eigenvalue weighted by molar-refractivity contribution is 5.85. The van der Waals surface area contributed by atoms with Gasteiger partial charge in [-0.25, -0.2) is 0 Å². The van der Waals surface area contributed by atoms with Crippen LogP contribution in [0.5, 0.6) is 17.2 Å². The molecule has 4 nitrogen and oxygen atoms in total. The molecule has 3 rings (SSSR count). The molecular weight excluding hydrogens is 314 g/mol. The van der Waals surface area contributed by atoms with Crippen LogP contribution in [0, 0.1) is 0 Å². The van der Waals surface area contributed by atoms with Gasteiger partial charge < -0.3 is 20.3 Å². The molecule has 2 aromatic carbocycles. The molecule has 0 spiro atoms. The number of aryl methyl sites for hydroxylation is 1. The number of halogens is 1. The van der Waals surface area contributed by atoms with Crippen LogP contribution in [0.3, 0.4) is 0 Å². The summed E-state index contributed by atoms with van der Waals surface area (Å²) in [5.41, 5.74) is 8.13. The van der Waals surface area contributed by atoms with Crippen molar-refractivity contribution in [3.05, 3.63) is 53.6 Å². The Morgan fingerprint density at radius 2 is 1.83 bits per heavy atom. The molecule has 0 radical (unpaired) electrons. The van der Waals surface area contributed by atoms with E-state index in [1.165, 1.54) is 11.1 Å². The first-order valence-corrected chi connectivity index (χ1v) is 7.45. The van der Waals surface area contributed by atoms with Crippen LogP contribution in [0.2, 0.25) is 0 Å². The lowest BCUT2D eigenvalue weighted by Gasteiger charge is -2.33. The third-order valence-electron chi connectivity index (χ3n) is 4.20. The van der Waals surface area contributed by atoms with E-state index in [0.29, 0.717) is 6.42 Å². The summed E-state index contributed by atoms with van der Waals surface area (Å²) in [6.45, 7) is 0.0223. The van der Waals surface area contributed by atoms with Crippen molar-refractivity contribution in [3.63, 3.8) is 0 Å². The van der Waals surface area contributed by atoms with Crippen LogP contribution in [-0.4, -0.2) is 24.4 Å². The standard InChI is InChI=1S/C18H21NO3.ClH/c1-21-15-3-2-4-16(10-15)22-17-6-5-14-11-18(19,12-20)8-7-13(14)9-17;/h2-6,9-10,20H,7-8,11-12,19H2,1H3;1H. The second-order valence-electron chi connectivity index (χ2n) is 5.91. The minimum atomic E-state index is -0.484. The van der Waals surface area contributed by atoms with Crippen molar-refractivity contribution in [1.82, 2.24) is 0 Å². The highest BCUT2D eigenvalue weighted by Crippen LogP contribution is 2.32. The van der Waals surface area contributed by atoms with Crippen LogP contribution in [-0.2, 0) is 12.8 Å². The SMILES string of the molecule is COc1cccc(Oc2ccc3c(c2)CCC(N)(CO)C3)c1.Cl. The van der Waals surface area contributed by atoms with E-state index in [-0.39, 0.29) is 19.0 Å². The van der Waals surface area contributed by atoms with E-state index >= 15 is 0 Å². The molecule has 0 aliphatic heterocycles. The summed E-state index contributed by atoms with van der Waals surface area (Å²) in [4.78, 5) is 0. The highest BCUT2D eigenvalue weighted by atomic mass is 35.5. The largest absolute Gasteiger partial charge is 0.497 e. The Hall–Kier alpha value is -1.75. The van der Waals surface area contributed by atoms with E-state index in [2.05, 4.69) is 6.07 Å². The lowest BCUT2D eigenvalue weighted by Crippen LogP contribution is -2.48. The quantitative estimate of drug-likeness (QED) is 0.901. The summed E-state index contributed by atoms with van der Waals surface area (Å²) in [7, 11) is 1.64. The maximum atomic E-state index is 9.41. The van der Waals surface area contributed by atoms with Crippen molar-refractivity contribution < 1.29 is 14.6 Å². The number of aliphatic hydroxyl groups excluding tert-OH is 1. The maximum Gasteiger partial charge on any atom is 0.131 e. The van der Waals surface area contributed by atoms with Crippen LogP contribution >= 0.6 is 12.4 Å². The Kier molecular flexibility index (Phi) is 5.52. The van der Waals surface area contributed by atoms with Gasteiger partial charge in [-0.1, -0.05) is 12.1 Å². The fourth-order valence-corrected chi connectivity index (χ4v) is 2.86. The predicted molar refractivity (Wildman–Crippen MR) is 92.8 cm³/mol. The van der Waals surface area contributed by atoms with E-state index in [9.17, 15) is 5.11 Å². The zero-order valence-corrected chi connectivity index (χ0v) is 13.9. The van der Waals surface area contributed by atoms with Crippen LogP contribution in [0.15, 0.2) is 42.5 Å². The molecule has 0 aromatic heterocycles. The van der Waals surface area contributed by atoms with Gasteiger partial charge in [-0.15, -0.1) is 12.4 Å².